The van der Waals surface area contributed by atoms with E-state index in [0.717, 1.165) is 24.3 Å². The molecule has 1 aliphatic heterocycles. The second-order valence-corrected chi connectivity index (χ2v) is 7.91. The minimum Gasteiger partial charge on any atom is -0.348 e. The Bertz CT molecular complexity index is 1360. The van der Waals surface area contributed by atoms with Gasteiger partial charge in [0.2, 0.25) is 11.8 Å². The number of carbonyl (C=O) groups excluding carboxylic acids is 3. The molecule has 8 nitrogen and oxygen atoms in total. The van der Waals surface area contributed by atoms with Crippen molar-refractivity contribution in [3.8, 4) is 0 Å². The Morgan fingerprint density at radius 1 is 1.15 bits per heavy atom. The summed E-state index contributed by atoms with van der Waals surface area (Å²) >= 11 is 0. The monoisotopic (exact) mass is 472 g/mol. The molecule has 34 heavy (non-hydrogen) atoms. The average molecular weight is 472 g/mol. The van der Waals surface area contributed by atoms with Gasteiger partial charge in [-0.15, -0.1) is 0 Å². The summed E-state index contributed by atoms with van der Waals surface area (Å²) < 4.78 is 39.3. The molecule has 1 atom stereocenters. The first kappa shape index (κ1) is 23.1. The minimum atomic E-state index is -4.49. The molecule has 0 unspecified atom stereocenters. The molecule has 1 saturated heterocycles. The number of halogens is 3. The fraction of sp³-hybridized carbons (Fsp3) is 0.261. The van der Waals surface area contributed by atoms with Crippen LogP contribution >= 0.6 is 0 Å². The normalized spacial score (nSPS) is 16.4. The lowest BCUT2D eigenvalue weighted by atomic mass is 10.0. The summed E-state index contributed by atoms with van der Waals surface area (Å²) in [6.45, 7) is 1.62. The van der Waals surface area contributed by atoms with Crippen LogP contribution < -0.4 is 16.2 Å². The van der Waals surface area contributed by atoms with E-state index in [1.165, 1.54) is 4.57 Å². The number of carbonyl (C=O) groups is 3. The molecule has 3 amide bonds. The number of benzene rings is 2. The number of alkyl halides is 3. The van der Waals surface area contributed by atoms with Gasteiger partial charge in [-0.1, -0.05) is 6.07 Å². The minimum absolute atomic E-state index is 0.0154. The van der Waals surface area contributed by atoms with Crippen LogP contribution in [0, 0.1) is 6.92 Å². The SMILES string of the molecule is Cc1nc2ccc(CNC(=O)c3ccc(C(F)(F)F)cc3)cc2c(=O)n1[C@@H]1CCC(=O)NC1=O. The first-order chi connectivity index (χ1) is 16.0. The van der Waals surface area contributed by atoms with Crippen LogP contribution in [0.2, 0.25) is 0 Å². The van der Waals surface area contributed by atoms with E-state index in [4.69, 9.17) is 0 Å². The molecule has 4 rings (SSSR count). The van der Waals surface area contributed by atoms with Gasteiger partial charge in [0.25, 0.3) is 11.5 Å². The Hall–Kier alpha value is -4.02. The van der Waals surface area contributed by atoms with Gasteiger partial charge in [-0.05, 0) is 55.3 Å². The first-order valence-electron chi connectivity index (χ1n) is 10.4. The molecule has 2 heterocycles. The maximum Gasteiger partial charge on any atom is 0.416 e. The third-order valence-corrected chi connectivity index (χ3v) is 5.59. The van der Waals surface area contributed by atoms with Crippen LogP contribution in [-0.2, 0) is 22.3 Å². The highest BCUT2D eigenvalue weighted by molar-refractivity contribution is 5.99. The van der Waals surface area contributed by atoms with Gasteiger partial charge in [0.1, 0.15) is 11.9 Å². The van der Waals surface area contributed by atoms with Gasteiger partial charge in [-0.25, -0.2) is 4.98 Å². The van der Waals surface area contributed by atoms with Crippen LogP contribution in [0.25, 0.3) is 10.9 Å². The number of amides is 3. The van der Waals surface area contributed by atoms with Gasteiger partial charge in [0.05, 0.1) is 16.5 Å². The number of fused-ring (bicyclic) bond motifs is 1. The predicted octanol–water partition coefficient (Wildman–Crippen LogP) is 2.63. The molecule has 0 saturated carbocycles. The molecule has 3 aromatic rings. The number of aryl methyl sites for hydroxylation is 1. The van der Waals surface area contributed by atoms with E-state index >= 15 is 0 Å². The van der Waals surface area contributed by atoms with Crippen LogP contribution in [0.5, 0.6) is 0 Å². The van der Waals surface area contributed by atoms with Crippen LogP contribution in [0.3, 0.4) is 0 Å². The van der Waals surface area contributed by atoms with Crippen LogP contribution in [-0.4, -0.2) is 27.3 Å². The number of aromatic nitrogens is 2. The van der Waals surface area contributed by atoms with Gasteiger partial charge >= 0.3 is 6.18 Å². The summed E-state index contributed by atoms with van der Waals surface area (Å²) in [5.41, 5.74) is -0.276. The molecular formula is C23H19F3N4O4. The van der Waals surface area contributed by atoms with E-state index in [2.05, 4.69) is 15.6 Å². The van der Waals surface area contributed by atoms with Crippen molar-refractivity contribution < 1.29 is 27.6 Å². The summed E-state index contributed by atoms with van der Waals surface area (Å²) in [7, 11) is 0. The molecule has 2 N–H and O–H groups in total. The van der Waals surface area contributed by atoms with Crippen molar-refractivity contribution in [2.45, 2.75) is 38.5 Å². The Labute approximate surface area is 190 Å². The molecule has 0 aliphatic carbocycles. The fourth-order valence-electron chi connectivity index (χ4n) is 3.86. The second kappa shape index (κ2) is 8.73. The molecule has 0 bridgehead atoms. The van der Waals surface area contributed by atoms with Crippen molar-refractivity contribution in [3.05, 3.63) is 75.3 Å². The lowest BCUT2D eigenvalue weighted by molar-refractivity contribution is -0.138. The van der Waals surface area contributed by atoms with Crippen molar-refractivity contribution in [2.75, 3.05) is 0 Å². The molecule has 1 aromatic heterocycles. The van der Waals surface area contributed by atoms with Crippen molar-refractivity contribution in [1.82, 2.24) is 20.2 Å². The van der Waals surface area contributed by atoms with Crippen molar-refractivity contribution in [3.63, 3.8) is 0 Å². The van der Waals surface area contributed by atoms with Crippen LogP contribution in [0.15, 0.2) is 47.3 Å². The molecule has 11 heteroatoms. The summed E-state index contributed by atoms with van der Waals surface area (Å²) in [5, 5.41) is 5.07. The van der Waals surface area contributed by atoms with E-state index < -0.39 is 41.1 Å². The molecule has 0 radical (unpaired) electrons. The van der Waals surface area contributed by atoms with Crippen molar-refractivity contribution >= 4 is 28.6 Å². The lowest BCUT2D eigenvalue weighted by Crippen LogP contribution is -2.45. The molecule has 1 fully saturated rings. The molecule has 2 aromatic carbocycles. The molecule has 176 valence electrons. The standard InChI is InChI=1S/C23H19F3N4O4/c1-12-28-17-7-2-13(11-27-20(32)14-3-5-15(6-4-14)23(24,25)26)10-16(17)22(34)30(12)18-8-9-19(31)29-21(18)33/h2-7,10,18H,8-9,11H2,1H3,(H,27,32)(H,29,31,33)/t18-/m1/s1. The predicted molar refractivity (Wildman–Crippen MR) is 115 cm³/mol. The zero-order chi connectivity index (χ0) is 24.6. The summed E-state index contributed by atoms with van der Waals surface area (Å²) in [6.07, 6.45) is -4.20. The Kier molecular flexibility index (Phi) is 5.94. The quantitative estimate of drug-likeness (QED) is 0.568. The van der Waals surface area contributed by atoms with E-state index in [1.54, 1.807) is 25.1 Å². The summed E-state index contributed by atoms with van der Waals surface area (Å²) in [4.78, 5) is 53.6. The topological polar surface area (TPSA) is 110 Å². The highest BCUT2D eigenvalue weighted by Gasteiger charge is 2.31. The first-order valence-corrected chi connectivity index (χ1v) is 10.4. The zero-order valence-electron chi connectivity index (χ0n) is 17.9. The van der Waals surface area contributed by atoms with E-state index in [1.807, 2.05) is 0 Å². The van der Waals surface area contributed by atoms with E-state index in [-0.39, 0.29) is 30.3 Å². The molecular weight excluding hydrogens is 453 g/mol. The van der Waals surface area contributed by atoms with Gasteiger partial charge in [0.15, 0.2) is 0 Å². The number of imide groups is 1. The van der Waals surface area contributed by atoms with Crippen LogP contribution in [0.1, 0.15) is 46.2 Å². The number of rotatable bonds is 4. The third-order valence-electron chi connectivity index (χ3n) is 5.59. The molecule has 0 spiro atoms. The smallest absolute Gasteiger partial charge is 0.348 e. The van der Waals surface area contributed by atoms with E-state index in [9.17, 15) is 32.3 Å². The number of nitrogens with one attached hydrogen (secondary N) is 2. The average Bonchev–Trinajstić information content (AvgIpc) is 2.78. The number of nitrogens with zero attached hydrogens (tertiary/aromatic N) is 2. The van der Waals surface area contributed by atoms with Gasteiger partial charge in [-0.3, -0.25) is 29.1 Å². The third kappa shape index (κ3) is 4.54. The maximum atomic E-state index is 13.2. The number of piperidine rings is 1. The summed E-state index contributed by atoms with van der Waals surface area (Å²) in [6, 6.07) is 7.79. The van der Waals surface area contributed by atoms with Crippen LogP contribution in [0.4, 0.5) is 13.2 Å². The largest absolute Gasteiger partial charge is 0.416 e. The van der Waals surface area contributed by atoms with Gasteiger partial charge in [0, 0.05) is 18.5 Å². The van der Waals surface area contributed by atoms with Gasteiger partial charge < -0.3 is 5.32 Å². The molecule has 1 aliphatic rings. The zero-order valence-corrected chi connectivity index (χ0v) is 17.9. The van der Waals surface area contributed by atoms with Crippen molar-refractivity contribution in [1.29, 1.82) is 0 Å². The fourth-order valence-corrected chi connectivity index (χ4v) is 3.86. The number of hydrogen-bond acceptors (Lipinski definition) is 5. The number of hydrogen-bond donors (Lipinski definition) is 2. The van der Waals surface area contributed by atoms with Gasteiger partial charge in [-0.2, -0.15) is 13.2 Å². The Morgan fingerprint density at radius 2 is 1.85 bits per heavy atom. The second-order valence-electron chi connectivity index (χ2n) is 7.91. The lowest BCUT2D eigenvalue weighted by Gasteiger charge is -2.24. The van der Waals surface area contributed by atoms with Crippen molar-refractivity contribution in [2.24, 2.45) is 0 Å². The highest BCUT2D eigenvalue weighted by atomic mass is 19.4. The Morgan fingerprint density at radius 3 is 2.50 bits per heavy atom. The Balaban J connectivity index is 1.56. The maximum absolute atomic E-state index is 13.2. The highest BCUT2D eigenvalue weighted by Crippen LogP contribution is 2.29. The summed E-state index contributed by atoms with van der Waals surface area (Å²) in [5.74, 6) is -1.21. The van der Waals surface area contributed by atoms with E-state index in [0.29, 0.717) is 16.9 Å².